The third kappa shape index (κ3) is 5.94. The van der Waals surface area contributed by atoms with E-state index in [9.17, 15) is 24.9 Å². The Bertz CT molecular complexity index is 305. The third-order valence-corrected chi connectivity index (χ3v) is 2.28. The maximum absolute atomic E-state index is 11.3. The van der Waals surface area contributed by atoms with Crippen molar-refractivity contribution in [1.82, 2.24) is 0 Å². The van der Waals surface area contributed by atoms with E-state index in [2.05, 4.69) is 4.74 Å². The number of hydrogen-bond donors (Lipinski definition) is 6. The number of ether oxygens (including phenoxy) is 1. The number of hydrogen-bond acceptors (Lipinski definition) is 8. The number of esters is 1. The number of rotatable bonds is 8. The Kier molecular flexibility index (Phi) is 7.49. The third-order valence-electron chi connectivity index (χ3n) is 2.28. The summed E-state index contributed by atoms with van der Waals surface area (Å²) in [6, 6.07) is 0. The van der Waals surface area contributed by atoms with Gasteiger partial charge in [-0.1, -0.05) is 0 Å². The minimum absolute atomic E-state index is 0.490. The van der Waals surface area contributed by atoms with E-state index in [4.69, 9.17) is 15.3 Å². The van der Waals surface area contributed by atoms with Crippen LogP contribution in [0.4, 0.5) is 0 Å². The molecule has 0 amide bonds. The Labute approximate surface area is 108 Å². The van der Waals surface area contributed by atoms with Crippen LogP contribution in [0.15, 0.2) is 0 Å². The first-order valence-corrected chi connectivity index (χ1v) is 5.46. The van der Waals surface area contributed by atoms with Crippen molar-refractivity contribution in [3.05, 3.63) is 0 Å². The lowest BCUT2D eigenvalue weighted by molar-refractivity contribution is -0.175. The van der Waals surface area contributed by atoms with Crippen LogP contribution in [-0.2, 0) is 14.3 Å². The zero-order chi connectivity index (χ0) is 15.2. The second-order valence-corrected chi connectivity index (χ2v) is 4.02. The van der Waals surface area contributed by atoms with E-state index in [-0.39, 0.29) is 0 Å². The molecule has 0 saturated carbocycles. The van der Waals surface area contributed by atoms with Crippen LogP contribution in [0.3, 0.4) is 0 Å². The van der Waals surface area contributed by atoms with Gasteiger partial charge in [0.25, 0.3) is 0 Å². The molecule has 0 aliphatic rings. The van der Waals surface area contributed by atoms with Crippen molar-refractivity contribution in [1.29, 1.82) is 0 Å². The molecule has 0 radical (unpaired) electrons. The highest BCUT2D eigenvalue weighted by Gasteiger charge is 2.35. The van der Waals surface area contributed by atoms with Crippen molar-refractivity contribution < 1.29 is 45.0 Å². The predicted molar refractivity (Wildman–Crippen MR) is 58.9 cm³/mol. The molecule has 0 bridgehead atoms. The monoisotopic (exact) mass is 282 g/mol. The summed E-state index contributed by atoms with van der Waals surface area (Å²) in [5, 5.41) is 54.0. The lowest BCUT2D eigenvalue weighted by Gasteiger charge is -2.25. The van der Waals surface area contributed by atoms with Crippen LogP contribution in [0, 0.1) is 0 Å². The van der Waals surface area contributed by atoms with E-state index < -0.39 is 55.5 Å². The molecule has 0 aromatic rings. The zero-order valence-corrected chi connectivity index (χ0v) is 10.2. The molecular weight excluding hydrogens is 264 g/mol. The molecule has 0 aromatic carbocycles. The second-order valence-electron chi connectivity index (χ2n) is 4.02. The molecule has 112 valence electrons. The lowest BCUT2D eigenvalue weighted by Crippen LogP contribution is -2.49. The van der Waals surface area contributed by atoms with Crippen LogP contribution in [0.2, 0.25) is 0 Å². The summed E-state index contributed by atoms with van der Waals surface area (Å²) in [5.74, 6) is -2.56. The summed E-state index contributed by atoms with van der Waals surface area (Å²) in [5.41, 5.74) is 0. The number of carbonyl (C=O) groups excluding carboxylic acids is 1. The van der Waals surface area contributed by atoms with Crippen molar-refractivity contribution in [2.45, 2.75) is 43.9 Å². The first-order chi connectivity index (χ1) is 8.70. The fraction of sp³-hybridized carbons (Fsp3) is 0.800. The zero-order valence-electron chi connectivity index (χ0n) is 10.2. The normalized spacial score (nSPS) is 19.1. The molecule has 0 saturated heterocycles. The number of carboxylic acids is 1. The molecule has 0 spiro atoms. The Morgan fingerprint density at radius 2 is 1.63 bits per heavy atom. The van der Waals surface area contributed by atoms with Gasteiger partial charge in [0.1, 0.15) is 24.4 Å². The standard InChI is InChI=1S/C10H18O9/c1-4(2-6(13)14)19-10(18)9(17)8(16)7(15)5(12)3-11/h4-5,7-9,11-12,15-17H,2-3H2,1H3,(H,13,14)/t4?,5-,7-,8+,9-/m1/s1. The molecule has 0 aliphatic carbocycles. The topological polar surface area (TPSA) is 165 Å². The molecule has 9 nitrogen and oxygen atoms in total. The quantitative estimate of drug-likeness (QED) is 0.252. The minimum Gasteiger partial charge on any atom is -0.481 e. The molecule has 0 rings (SSSR count). The summed E-state index contributed by atoms with van der Waals surface area (Å²) in [6.07, 6.45) is -9.47. The average Bonchev–Trinajstić information content (AvgIpc) is 2.33. The van der Waals surface area contributed by atoms with Gasteiger partial charge in [0.2, 0.25) is 0 Å². The molecule has 0 aliphatic heterocycles. The van der Waals surface area contributed by atoms with Gasteiger partial charge >= 0.3 is 11.9 Å². The van der Waals surface area contributed by atoms with Gasteiger partial charge in [-0.3, -0.25) is 4.79 Å². The SMILES string of the molecule is CC(CC(=O)O)OC(=O)[C@H](O)[C@@H](O)[C@H](O)[C@H](O)CO. The highest BCUT2D eigenvalue weighted by Crippen LogP contribution is 2.08. The molecule has 5 atom stereocenters. The van der Waals surface area contributed by atoms with Gasteiger partial charge in [0.15, 0.2) is 6.10 Å². The van der Waals surface area contributed by atoms with Crippen molar-refractivity contribution >= 4 is 11.9 Å². The van der Waals surface area contributed by atoms with Crippen molar-refractivity contribution in [2.24, 2.45) is 0 Å². The van der Waals surface area contributed by atoms with E-state index in [1.807, 2.05) is 0 Å². The van der Waals surface area contributed by atoms with E-state index in [1.165, 1.54) is 6.92 Å². The van der Waals surface area contributed by atoms with E-state index in [1.54, 1.807) is 0 Å². The van der Waals surface area contributed by atoms with Gasteiger partial charge in [-0.15, -0.1) is 0 Å². The number of aliphatic hydroxyl groups is 5. The molecule has 6 N–H and O–H groups in total. The highest BCUT2D eigenvalue weighted by atomic mass is 16.6. The lowest BCUT2D eigenvalue weighted by atomic mass is 10.0. The van der Waals surface area contributed by atoms with Gasteiger partial charge in [-0.25, -0.2) is 4.79 Å². The Hall–Kier alpha value is -1.26. The fourth-order valence-corrected chi connectivity index (χ4v) is 1.22. The number of aliphatic carboxylic acids is 1. The molecule has 9 heteroatoms. The predicted octanol–water partition coefficient (Wildman–Crippen LogP) is -3.17. The summed E-state index contributed by atoms with van der Waals surface area (Å²) in [6.45, 7) is 0.388. The fourth-order valence-electron chi connectivity index (χ4n) is 1.22. The van der Waals surface area contributed by atoms with E-state index >= 15 is 0 Å². The number of carboxylic acid groups (broad SMARTS) is 1. The molecular formula is C10H18O9. The summed E-state index contributed by atoms with van der Waals surface area (Å²) in [7, 11) is 0. The smallest absolute Gasteiger partial charge is 0.338 e. The van der Waals surface area contributed by atoms with Gasteiger partial charge in [-0.05, 0) is 6.92 Å². The minimum atomic E-state index is -2.17. The first kappa shape index (κ1) is 17.7. The molecule has 19 heavy (non-hydrogen) atoms. The first-order valence-electron chi connectivity index (χ1n) is 5.46. The van der Waals surface area contributed by atoms with E-state index in [0.29, 0.717) is 0 Å². The number of aliphatic hydroxyl groups excluding tert-OH is 5. The van der Waals surface area contributed by atoms with Gasteiger partial charge in [-0.2, -0.15) is 0 Å². The van der Waals surface area contributed by atoms with Crippen molar-refractivity contribution in [3.8, 4) is 0 Å². The molecule has 0 fully saturated rings. The van der Waals surface area contributed by atoms with Crippen LogP contribution in [-0.4, -0.2) is 79.7 Å². The van der Waals surface area contributed by atoms with Crippen molar-refractivity contribution in [2.75, 3.05) is 6.61 Å². The van der Waals surface area contributed by atoms with Crippen molar-refractivity contribution in [3.63, 3.8) is 0 Å². The van der Waals surface area contributed by atoms with Crippen LogP contribution in [0.25, 0.3) is 0 Å². The Balaban J connectivity index is 4.43. The number of carbonyl (C=O) groups is 2. The van der Waals surface area contributed by atoms with Crippen LogP contribution in [0.5, 0.6) is 0 Å². The summed E-state index contributed by atoms with van der Waals surface area (Å²) in [4.78, 5) is 21.6. The largest absolute Gasteiger partial charge is 0.481 e. The van der Waals surface area contributed by atoms with Crippen LogP contribution in [0.1, 0.15) is 13.3 Å². The maximum atomic E-state index is 11.3. The molecule has 0 heterocycles. The molecule has 0 aromatic heterocycles. The average molecular weight is 282 g/mol. The van der Waals surface area contributed by atoms with Crippen LogP contribution < -0.4 is 0 Å². The van der Waals surface area contributed by atoms with E-state index in [0.717, 1.165) is 0 Å². The Morgan fingerprint density at radius 1 is 1.11 bits per heavy atom. The second kappa shape index (κ2) is 8.02. The van der Waals surface area contributed by atoms with Gasteiger partial charge in [0, 0.05) is 0 Å². The van der Waals surface area contributed by atoms with Gasteiger partial charge in [0.05, 0.1) is 13.0 Å². The van der Waals surface area contributed by atoms with Crippen LogP contribution >= 0.6 is 0 Å². The molecule has 1 unspecified atom stereocenters. The highest BCUT2D eigenvalue weighted by molar-refractivity contribution is 5.76. The van der Waals surface area contributed by atoms with Gasteiger partial charge < -0.3 is 35.4 Å². The summed E-state index contributed by atoms with van der Waals surface area (Å²) < 4.78 is 4.52. The summed E-state index contributed by atoms with van der Waals surface area (Å²) >= 11 is 0. The Morgan fingerprint density at radius 3 is 2.05 bits per heavy atom. The maximum Gasteiger partial charge on any atom is 0.338 e.